The van der Waals surface area contributed by atoms with E-state index in [1.807, 2.05) is 6.07 Å². The maximum absolute atomic E-state index is 10.4. The molecule has 0 atom stereocenters. The van der Waals surface area contributed by atoms with E-state index >= 15 is 0 Å². The number of aromatic hydroxyl groups is 1. The lowest BCUT2D eigenvalue weighted by atomic mass is 9.91. The van der Waals surface area contributed by atoms with Gasteiger partial charge in [0.15, 0.2) is 11.5 Å². The third-order valence-corrected chi connectivity index (χ3v) is 7.02. The smallest absolute Gasteiger partial charge is 0.225 e. The first-order valence-corrected chi connectivity index (χ1v) is 12.4. The predicted molar refractivity (Wildman–Crippen MR) is 132 cm³/mol. The van der Waals surface area contributed by atoms with Crippen LogP contribution in [0.15, 0.2) is 16.6 Å². The van der Waals surface area contributed by atoms with Gasteiger partial charge in [-0.15, -0.1) is 0 Å². The number of nitrogens with one attached hydrogen (secondary N) is 2. The quantitative estimate of drug-likeness (QED) is 0.515. The van der Waals surface area contributed by atoms with E-state index < -0.39 is 0 Å². The molecule has 1 aromatic heterocycles. The minimum absolute atomic E-state index is 0.208. The van der Waals surface area contributed by atoms with Gasteiger partial charge in [0.25, 0.3) is 0 Å². The summed E-state index contributed by atoms with van der Waals surface area (Å²) in [7, 11) is 5.70. The van der Waals surface area contributed by atoms with Crippen molar-refractivity contribution in [3.8, 4) is 11.5 Å². The average Bonchev–Trinajstić information content (AvgIpc) is 2.79. The summed E-state index contributed by atoms with van der Waals surface area (Å²) in [6.07, 6.45) is 8.88. The lowest BCUT2D eigenvalue weighted by Gasteiger charge is -2.31. The summed E-state index contributed by atoms with van der Waals surface area (Å²) in [4.78, 5) is 11.8. The van der Waals surface area contributed by atoms with Crippen LogP contribution in [0.25, 0.3) is 0 Å². The van der Waals surface area contributed by atoms with Crippen LogP contribution in [-0.2, 0) is 19.4 Å². The minimum Gasteiger partial charge on any atom is -0.504 e. The number of benzene rings is 1. The van der Waals surface area contributed by atoms with Crippen LogP contribution < -0.4 is 20.3 Å². The molecule has 4 rings (SSSR count). The van der Waals surface area contributed by atoms with Crippen molar-refractivity contribution in [3.05, 3.63) is 33.4 Å². The van der Waals surface area contributed by atoms with Crippen molar-refractivity contribution in [1.29, 1.82) is 0 Å². The van der Waals surface area contributed by atoms with E-state index in [1.54, 1.807) is 13.2 Å². The van der Waals surface area contributed by atoms with Gasteiger partial charge in [0.2, 0.25) is 5.95 Å². The van der Waals surface area contributed by atoms with Gasteiger partial charge in [0.1, 0.15) is 5.82 Å². The lowest BCUT2D eigenvalue weighted by Crippen LogP contribution is -2.37. The second kappa shape index (κ2) is 10.3. The SMILES string of the molecule is COc1cc(Br)cc(CNC2CCC(Nc3nc4c(c(N(C)C)n3)CCCC4)CC2)c1O. The Bertz CT molecular complexity index is 944. The molecule has 3 N–H and O–H groups in total. The molecule has 1 fully saturated rings. The largest absolute Gasteiger partial charge is 0.504 e. The Labute approximate surface area is 199 Å². The summed E-state index contributed by atoms with van der Waals surface area (Å²) in [5.74, 6) is 2.54. The number of aromatic nitrogens is 2. The van der Waals surface area contributed by atoms with Gasteiger partial charge in [-0.1, -0.05) is 15.9 Å². The van der Waals surface area contributed by atoms with Crippen LogP contribution in [-0.4, -0.2) is 48.4 Å². The third kappa shape index (κ3) is 5.29. The maximum Gasteiger partial charge on any atom is 0.225 e. The molecule has 1 saturated carbocycles. The summed E-state index contributed by atoms with van der Waals surface area (Å²) in [6, 6.07) is 4.54. The number of nitrogens with zero attached hydrogens (tertiary/aromatic N) is 3. The number of hydrogen-bond acceptors (Lipinski definition) is 7. The van der Waals surface area contributed by atoms with Crippen molar-refractivity contribution in [3.63, 3.8) is 0 Å². The van der Waals surface area contributed by atoms with E-state index in [-0.39, 0.29) is 5.75 Å². The van der Waals surface area contributed by atoms with Gasteiger partial charge >= 0.3 is 0 Å². The van der Waals surface area contributed by atoms with E-state index in [1.165, 1.54) is 24.1 Å². The van der Waals surface area contributed by atoms with Crippen LogP contribution in [0.5, 0.6) is 11.5 Å². The molecule has 0 unspecified atom stereocenters. The number of halogens is 1. The van der Waals surface area contributed by atoms with Gasteiger partial charge in [-0.3, -0.25) is 0 Å². The normalized spacial score (nSPS) is 20.5. The molecule has 7 nitrogen and oxygen atoms in total. The monoisotopic (exact) mass is 503 g/mol. The summed E-state index contributed by atoms with van der Waals surface area (Å²) in [5.41, 5.74) is 3.39. The Morgan fingerprint density at radius 2 is 1.81 bits per heavy atom. The van der Waals surface area contributed by atoms with Crippen molar-refractivity contribution in [2.45, 2.75) is 70.0 Å². The zero-order valence-corrected chi connectivity index (χ0v) is 20.8. The molecule has 0 spiro atoms. The highest BCUT2D eigenvalue weighted by Crippen LogP contribution is 2.34. The number of aryl methyl sites for hydroxylation is 1. The molecular weight excluding hydrogens is 470 g/mol. The Hall–Kier alpha value is -2.06. The van der Waals surface area contributed by atoms with Crippen LogP contribution in [0, 0.1) is 0 Å². The zero-order valence-electron chi connectivity index (χ0n) is 19.2. The molecule has 0 bridgehead atoms. The first-order valence-electron chi connectivity index (χ1n) is 11.6. The molecule has 2 aliphatic rings. The molecule has 2 aromatic rings. The standard InChI is InChI=1S/C24H34BrN5O2/c1-30(2)23-19-6-4-5-7-20(19)28-24(29-23)27-18-10-8-17(9-11-18)26-14-15-12-16(25)13-21(32-3)22(15)31/h12-13,17-18,26,31H,4-11,14H2,1-3H3,(H,27,28,29). The fraction of sp³-hybridized carbons (Fsp3) is 0.583. The van der Waals surface area contributed by atoms with Crippen molar-refractivity contribution in [1.82, 2.24) is 15.3 Å². The molecule has 2 aliphatic carbocycles. The van der Waals surface area contributed by atoms with E-state index in [9.17, 15) is 5.11 Å². The Morgan fingerprint density at radius 3 is 2.53 bits per heavy atom. The Kier molecular flexibility index (Phi) is 7.40. The Balaban J connectivity index is 1.33. The number of phenols is 1. The fourth-order valence-corrected chi connectivity index (χ4v) is 5.29. The summed E-state index contributed by atoms with van der Waals surface area (Å²) >= 11 is 3.49. The van der Waals surface area contributed by atoms with Crippen LogP contribution in [0.4, 0.5) is 11.8 Å². The van der Waals surface area contributed by atoms with Crippen LogP contribution in [0.3, 0.4) is 0 Å². The Morgan fingerprint density at radius 1 is 1.09 bits per heavy atom. The highest BCUT2D eigenvalue weighted by atomic mass is 79.9. The van der Waals surface area contributed by atoms with E-state index in [0.29, 0.717) is 24.4 Å². The molecule has 174 valence electrons. The van der Waals surface area contributed by atoms with Gasteiger partial charge in [0.05, 0.1) is 12.8 Å². The van der Waals surface area contributed by atoms with Crippen molar-refractivity contribution < 1.29 is 9.84 Å². The van der Waals surface area contributed by atoms with Crippen molar-refractivity contribution in [2.75, 3.05) is 31.4 Å². The fourth-order valence-electron chi connectivity index (χ4n) is 4.81. The summed E-state index contributed by atoms with van der Waals surface area (Å²) in [6.45, 7) is 0.616. The second-order valence-electron chi connectivity index (χ2n) is 9.09. The lowest BCUT2D eigenvalue weighted by molar-refractivity contribution is 0.344. The number of rotatable bonds is 7. The first kappa shape index (κ1) is 23.1. The molecule has 1 aromatic carbocycles. The summed E-state index contributed by atoms with van der Waals surface area (Å²) in [5, 5.41) is 17.6. The van der Waals surface area contributed by atoms with Gasteiger partial charge in [-0.25, -0.2) is 4.98 Å². The molecule has 0 aliphatic heterocycles. The molecule has 0 radical (unpaired) electrons. The molecule has 32 heavy (non-hydrogen) atoms. The molecule has 0 saturated heterocycles. The van der Waals surface area contributed by atoms with Crippen molar-refractivity contribution in [2.24, 2.45) is 0 Å². The number of methoxy groups -OCH3 is 1. The highest BCUT2D eigenvalue weighted by molar-refractivity contribution is 9.10. The molecule has 8 heteroatoms. The number of anilines is 2. The van der Waals surface area contributed by atoms with E-state index in [2.05, 4.69) is 45.6 Å². The van der Waals surface area contributed by atoms with Gasteiger partial charge in [0, 0.05) is 48.3 Å². The van der Waals surface area contributed by atoms with Crippen molar-refractivity contribution >= 4 is 27.7 Å². The van der Waals surface area contributed by atoms with Crippen LogP contribution in [0.2, 0.25) is 0 Å². The van der Waals surface area contributed by atoms with Gasteiger partial charge in [-0.2, -0.15) is 4.98 Å². The minimum atomic E-state index is 0.208. The number of phenolic OH excluding ortho intramolecular Hbond substituents is 1. The topological polar surface area (TPSA) is 82.5 Å². The number of hydrogen-bond donors (Lipinski definition) is 3. The average molecular weight is 504 g/mol. The van der Waals surface area contributed by atoms with Crippen LogP contribution in [0.1, 0.15) is 55.3 Å². The number of ether oxygens (including phenoxy) is 1. The molecule has 1 heterocycles. The van der Waals surface area contributed by atoms with Crippen LogP contribution >= 0.6 is 15.9 Å². The highest BCUT2D eigenvalue weighted by Gasteiger charge is 2.24. The maximum atomic E-state index is 10.4. The van der Waals surface area contributed by atoms with E-state index in [0.717, 1.165) is 60.3 Å². The molecule has 0 amide bonds. The van der Waals surface area contributed by atoms with Gasteiger partial charge in [-0.05, 0) is 63.5 Å². The third-order valence-electron chi connectivity index (χ3n) is 6.57. The molecular formula is C24H34BrN5O2. The first-order chi connectivity index (χ1) is 15.4. The summed E-state index contributed by atoms with van der Waals surface area (Å²) < 4.78 is 6.16. The predicted octanol–water partition coefficient (Wildman–Crippen LogP) is 4.41. The van der Waals surface area contributed by atoms with E-state index in [4.69, 9.17) is 14.7 Å². The second-order valence-corrected chi connectivity index (χ2v) is 10.0. The zero-order chi connectivity index (χ0) is 22.7. The number of fused-ring (bicyclic) bond motifs is 1. The van der Waals surface area contributed by atoms with Gasteiger partial charge < -0.3 is 25.4 Å².